The molecule has 0 radical (unpaired) electrons. The predicted molar refractivity (Wildman–Crippen MR) is 236 cm³/mol. The van der Waals surface area contributed by atoms with Crippen molar-refractivity contribution in [1.29, 1.82) is 0 Å². The van der Waals surface area contributed by atoms with Crippen LogP contribution in [0.3, 0.4) is 0 Å². The lowest BCUT2D eigenvalue weighted by Gasteiger charge is -2.13. The molecule has 57 heavy (non-hydrogen) atoms. The minimum absolute atomic E-state index is 0.0435. The van der Waals surface area contributed by atoms with E-state index in [1.807, 2.05) is 78.9 Å². The van der Waals surface area contributed by atoms with E-state index in [2.05, 4.69) is 77.4 Å². The fourth-order valence-electron chi connectivity index (χ4n) is 8.18. The summed E-state index contributed by atoms with van der Waals surface area (Å²) in [5.41, 5.74) is 7.37. The topological polar surface area (TPSA) is 56.7 Å². The number of aromatic nitrogens is 4. The van der Waals surface area contributed by atoms with Crippen molar-refractivity contribution in [3.05, 3.63) is 182 Å². The lowest BCUT2D eigenvalue weighted by molar-refractivity contribution is 0.669. The predicted octanol–water partition coefficient (Wildman–Crippen LogP) is 13.9. The van der Waals surface area contributed by atoms with Crippen LogP contribution < -0.4 is 0 Å². The maximum Gasteiger partial charge on any atom is 0.167 e. The van der Waals surface area contributed by atoms with Crippen molar-refractivity contribution < 1.29 is 11.3 Å². The van der Waals surface area contributed by atoms with Gasteiger partial charge in [-0.05, 0) is 59.7 Å². The fraction of sp³-hybridized carbons (Fsp3) is 0. The maximum absolute atomic E-state index is 9.01. The molecule has 5 nitrogen and oxygen atoms in total. The summed E-state index contributed by atoms with van der Waals surface area (Å²) in [5, 5.41) is 6.10. The standard InChI is InChI=1S/C51H30N4OS/c1-3-14-31(15-4-1)33-26-27-45-40(28-33)41-29-34(55-43-23-10-7-18-35(43)36-19-8-11-24-44(36)55)30-42(47(41)56-45)51-53-49(32-16-5-2-6-17-32)52-50(54-51)39-22-13-21-38-37-20-9-12-25-46(37)57-48(38)39/h1-30H/i2D,5D,6D,16D,17D. The Morgan fingerprint density at radius 3 is 1.93 bits per heavy atom. The zero-order valence-corrected chi connectivity index (χ0v) is 30.9. The number of hydrogen-bond acceptors (Lipinski definition) is 5. The van der Waals surface area contributed by atoms with Crippen LogP contribution in [0.15, 0.2) is 186 Å². The molecular weight excluding hydrogens is 717 g/mol. The quantitative estimate of drug-likeness (QED) is 0.176. The second-order valence-corrected chi connectivity index (χ2v) is 15.1. The molecule has 0 spiro atoms. The third-order valence-corrected chi connectivity index (χ3v) is 12.0. The lowest BCUT2D eigenvalue weighted by Crippen LogP contribution is -2.01. The number of thiophene rings is 1. The summed E-state index contributed by atoms with van der Waals surface area (Å²) < 4.78 is 54.7. The molecule has 266 valence electrons. The Balaban J connectivity index is 1.21. The Kier molecular flexibility index (Phi) is 6.00. The van der Waals surface area contributed by atoms with Gasteiger partial charge in [-0.3, -0.25) is 0 Å². The van der Waals surface area contributed by atoms with Gasteiger partial charge >= 0.3 is 0 Å². The van der Waals surface area contributed by atoms with Crippen LogP contribution >= 0.6 is 11.3 Å². The number of rotatable bonds is 5. The van der Waals surface area contributed by atoms with Crippen LogP contribution in [0.25, 0.3) is 115 Å². The van der Waals surface area contributed by atoms with Gasteiger partial charge in [0.1, 0.15) is 11.2 Å². The second kappa shape index (κ2) is 12.6. The van der Waals surface area contributed by atoms with Crippen molar-refractivity contribution in [2.75, 3.05) is 0 Å². The minimum Gasteiger partial charge on any atom is -0.455 e. The van der Waals surface area contributed by atoms with Crippen molar-refractivity contribution in [3.63, 3.8) is 0 Å². The van der Waals surface area contributed by atoms with Gasteiger partial charge in [-0.1, -0.05) is 133 Å². The first-order valence-electron chi connectivity index (χ1n) is 21.1. The molecule has 4 aromatic heterocycles. The Bertz CT molecular complexity index is 3760. The molecule has 0 aliphatic heterocycles. The molecule has 12 rings (SSSR count). The Morgan fingerprint density at radius 2 is 1.14 bits per heavy atom. The summed E-state index contributed by atoms with van der Waals surface area (Å²) >= 11 is 1.63. The zero-order chi connectivity index (χ0) is 41.8. The van der Waals surface area contributed by atoms with Gasteiger partial charge in [-0.15, -0.1) is 11.3 Å². The third kappa shape index (κ3) is 5.04. The number of nitrogens with zero attached hydrogens (tertiary/aromatic N) is 4. The molecule has 0 amide bonds. The molecule has 6 heteroatoms. The summed E-state index contributed by atoms with van der Waals surface area (Å²) in [4.78, 5) is 15.2. The highest BCUT2D eigenvalue weighted by molar-refractivity contribution is 7.26. The maximum atomic E-state index is 9.01. The van der Waals surface area contributed by atoms with Crippen molar-refractivity contribution in [3.8, 4) is 51.0 Å². The van der Waals surface area contributed by atoms with Crippen LogP contribution in [0, 0.1) is 0 Å². The normalized spacial score (nSPS) is 13.1. The summed E-state index contributed by atoms with van der Waals surface area (Å²) in [6.07, 6.45) is 0. The molecule has 12 aromatic rings. The molecule has 0 atom stereocenters. The SMILES string of the molecule is [2H]c1c([2H])c([2H])c(-c2nc(-c3cc(-n4c5ccccc5c5ccccc54)cc4c3oc3ccc(-c5ccccc5)cc34)nc(-c3cccc4c3sc3ccccc34)n2)c([2H])c1[2H]. The largest absolute Gasteiger partial charge is 0.455 e. The molecule has 4 heterocycles. The zero-order valence-electron chi connectivity index (χ0n) is 35.0. The summed E-state index contributed by atoms with van der Waals surface area (Å²) in [7, 11) is 0. The van der Waals surface area contributed by atoms with Crippen LogP contribution in [0.1, 0.15) is 6.85 Å². The van der Waals surface area contributed by atoms with Crippen LogP contribution in [0.2, 0.25) is 0 Å². The van der Waals surface area contributed by atoms with Gasteiger partial charge in [0.15, 0.2) is 17.5 Å². The lowest BCUT2D eigenvalue weighted by atomic mass is 10.0. The van der Waals surface area contributed by atoms with Crippen LogP contribution in [-0.4, -0.2) is 19.5 Å². The van der Waals surface area contributed by atoms with E-state index in [-0.39, 0.29) is 17.2 Å². The van der Waals surface area contributed by atoms with E-state index < -0.39 is 30.2 Å². The highest BCUT2D eigenvalue weighted by Crippen LogP contribution is 2.43. The van der Waals surface area contributed by atoms with E-state index in [1.54, 1.807) is 11.3 Å². The van der Waals surface area contributed by atoms with E-state index in [1.165, 1.54) is 0 Å². The third-order valence-electron chi connectivity index (χ3n) is 10.7. The Morgan fingerprint density at radius 1 is 0.474 bits per heavy atom. The molecule has 0 saturated heterocycles. The average Bonchev–Trinajstić information content (AvgIpc) is 3.99. The first-order valence-corrected chi connectivity index (χ1v) is 19.4. The molecule has 0 aliphatic rings. The van der Waals surface area contributed by atoms with Crippen LogP contribution in [0.4, 0.5) is 0 Å². The molecule has 0 unspecified atom stereocenters. The Hall–Kier alpha value is -7.41. The molecule has 0 aliphatic carbocycles. The van der Waals surface area contributed by atoms with E-state index in [0.29, 0.717) is 22.6 Å². The number of fused-ring (bicyclic) bond motifs is 9. The van der Waals surface area contributed by atoms with E-state index in [4.69, 9.17) is 26.2 Å². The molecule has 0 N–H and O–H groups in total. The van der Waals surface area contributed by atoms with Gasteiger partial charge in [-0.2, -0.15) is 0 Å². The van der Waals surface area contributed by atoms with Crippen molar-refractivity contribution >= 4 is 75.3 Å². The number of hydrogen-bond donors (Lipinski definition) is 0. The van der Waals surface area contributed by atoms with Gasteiger partial charge < -0.3 is 8.98 Å². The second-order valence-electron chi connectivity index (χ2n) is 14.0. The summed E-state index contributed by atoms with van der Waals surface area (Å²) in [5.74, 6) is 0.481. The van der Waals surface area contributed by atoms with Crippen molar-refractivity contribution in [2.45, 2.75) is 0 Å². The van der Waals surface area contributed by atoms with E-state index in [0.717, 1.165) is 75.1 Å². The van der Waals surface area contributed by atoms with Crippen LogP contribution in [0.5, 0.6) is 0 Å². The summed E-state index contributed by atoms with van der Waals surface area (Å²) in [6.45, 7) is 0. The highest BCUT2D eigenvalue weighted by Gasteiger charge is 2.23. The molecule has 8 aromatic carbocycles. The number of para-hydroxylation sites is 2. The van der Waals surface area contributed by atoms with Gasteiger partial charge in [0, 0.05) is 58.5 Å². The molecule has 0 saturated carbocycles. The van der Waals surface area contributed by atoms with Crippen LogP contribution in [-0.2, 0) is 0 Å². The smallest absolute Gasteiger partial charge is 0.167 e. The van der Waals surface area contributed by atoms with E-state index in [9.17, 15) is 0 Å². The monoisotopic (exact) mass is 751 g/mol. The first kappa shape index (κ1) is 27.2. The molecule has 0 fully saturated rings. The van der Waals surface area contributed by atoms with Crippen molar-refractivity contribution in [1.82, 2.24) is 19.5 Å². The van der Waals surface area contributed by atoms with Gasteiger partial charge in [0.25, 0.3) is 0 Å². The fourth-order valence-corrected chi connectivity index (χ4v) is 9.39. The highest BCUT2D eigenvalue weighted by atomic mass is 32.1. The first-order chi connectivity index (χ1) is 30.3. The molecular formula is C51H30N4OS. The Labute approximate surface area is 337 Å². The molecule has 0 bridgehead atoms. The number of furan rings is 1. The van der Waals surface area contributed by atoms with Crippen molar-refractivity contribution in [2.24, 2.45) is 0 Å². The van der Waals surface area contributed by atoms with E-state index >= 15 is 0 Å². The minimum atomic E-state index is -0.494. The number of benzene rings is 8. The van der Waals surface area contributed by atoms with Gasteiger partial charge in [0.05, 0.1) is 23.5 Å². The van der Waals surface area contributed by atoms with Gasteiger partial charge in [-0.25, -0.2) is 15.0 Å². The average molecular weight is 752 g/mol. The van der Waals surface area contributed by atoms with Gasteiger partial charge in [0.2, 0.25) is 0 Å². The summed E-state index contributed by atoms with van der Waals surface area (Å²) in [6, 6.07) is 49.2.